The van der Waals surface area contributed by atoms with E-state index in [0.717, 1.165) is 5.92 Å². The molecule has 1 aliphatic carbocycles. The molecule has 0 amide bonds. The first-order chi connectivity index (χ1) is 6.88. The number of thioether (sulfide) groups is 1. The Balaban J connectivity index is 1.83. The topological polar surface area (TPSA) is 26.0 Å². The molecule has 1 aromatic rings. The number of benzene rings is 1. The highest BCUT2D eigenvalue weighted by Gasteiger charge is 2.16. The largest absolute Gasteiger partial charge is 0.326 e. The normalized spacial score (nSPS) is 16.6. The van der Waals surface area contributed by atoms with Crippen LogP contribution in [0.1, 0.15) is 24.8 Å². The van der Waals surface area contributed by atoms with Gasteiger partial charge < -0.3 is 5.73 Å². The third-order valence-electron chi connectivity index (χ3n) is 2.87. The predicted octanol–water partition coefficient (Wildman–Crippen LogP) is 3.04. The first-order valence-corrected chi connectivity index (χ1v) is 6.29. The van der Waals surface area contributed by atoms with E-state index >= 15 is 0 Å². The average molecular weight is 207 g/mol. The molecule has 2 N–H and O–H groups in total. The third-order valence-corrected chi connectivity index (χ3v) is 4.11. The Hall–Kier alpha value is -0.470. The molecule has 1 nitrogen and oxygen atoms in total. The van der Waals surface area contributed by atoms with Crippen LogP contribution in [-0.2, 0) is 6.54 Å². The molecule has 0 radical (unpaired) electrons. The van der Waals surface area contributed by atoms with Gasteiger partial charge in [-0.25, -0.2) is 0 Å². The van der Waals surface area contributed by atoms with Crippen molar-refractivity contribution in [1.82, 2.24) is 0 Å². The van der Waals surface area contributed by atoms with E-state index in [4.69, 9.17) is 5.73 Å². The van der Waals surface area contributed by atoms with Crippen molar-refractivity contribution in [3.05, 3.63) is 29.8 Å². The maximum Gasteiger partial charge on any atom is 0.0178 e. The molecule has 0 atom stereocenters. The summed E-state index contributed by atoms with van der Waals surface area (Å²) in [7, 11) is 0. The van der Waals surface area contributed by atoms with Crippen molar-refractivity contribution in [3.63, 3.8) is 0 Å². The summed E-state index contributed by atoms with van der Waals surface area (Å²) in [6.45, 7) is 0.646. The number of hydrogen-bond donors (Lipinski definition) is 1. The minimum absolute atomic E-state index is 0.646. The van der Waals surface area contributed by atoms with Crippen molar-refractivity contribution in [2.45, 2.75) is 30.7 Å². The summed E-state index contributed by atoms with van der Waals surface area (Å²) in [5.41, 5.74) is 6.77. The van der Waals surface area contributed by atoms with Crippen LogP contribution in [0, 0.1) is 5.92 Å². The second kappa shape index (κ2) is 4.85. The molecule has 14 heavy (non-hydrogen) atoms. The molecule has 0 bridgehead atoms. The predicted molar refractivity (Wildman–Crippen MR) is 62.4 cm³/mol. The quantitative estimate of drug-likeness (QED) is 0.768. The van der Waals surface area contributed by atoms with Gasteiger partial charge in [-0.2, -0.15) is 0 Å². The van der Waals surface area contributed by atoms with E-state index < -0.39 is 0 Å². The molecule has 76 valence electrons. The minimum Gasteiger partial charge on any atom is -0.326 e. The molecule has 0 spiro atoms. The van der Waals surface area contributed by atoms with Crippen LogP contribution in [0.25, 0.3) is 0 Å². The number of rotatable bonds is 4. The smallest absolute Gasteiger partial charge is 0.0178 e. The van der Waals surface area contributed by atoms with Crippen LogP contribution >= 0.6 is 11.8 Å². The Labute approximate surface area is 90.1 Å². The van der Waals surface area contributed by atoms with E-state index in [1.165, 1.54) is 35.5 Å². The van der Waals surface area contributed by atoms with Crippen LogP contribution in [0.5, 0.6) is 0 Å². The van der Waals surface area contributed by atoms with Crippen LogP contribution in [-0.4, -0.2) is 5.75 Å². The fourth-order valence-electron chi connectivity index (χ4n) is 1.60. The molecule has 1 fully saturated rings. The van der Waals surface area contributed by atoms with Crippen molar-refractivity contribution in [1.29, 1.82) is 0 Å². The van der Waals surface area contributed by atoms with Gasteiger partial charge in [-0.1, -0.05) is 18.6 Å². The molecule has 0 aliphatic heterocycles. The van der Waals surface area contributed by atoms with E-state index in [-0.39, 0.29) is 0 Å². The van der Waals surface area contributed by atoms with Crippen molar-refractivity contribution in [3.8, 4) is 0 Å². The van der Waals surface area contributed by atoms with Gasteiger partial charge in [0.1, 0.15) is 0 Å². The Bertz CT molecular complexity index is 277. The Morgan fingerprint density at radius 1 is 1.21 bits per heavy atom. The minimum atomic E-state index is 0.646. The van der Waals surface area contributed by atoms with Gasteiger partial charge in [-0.15, -0.1) is 11.8 Å². The molecule has 0 aromatic heterocycles. The Morgan fingerprint density at radius 3 is 2.43 bits per heavy atom. The molecule has 2 heteroatoms. The zero-order valence-electron chi connectivity index (χ0n) is 8.41. The van der Waals surface area contributed by atoms with Gasteiger partial charge in [0.2, 0.25) is 0 Å². The van der Waals surface area contributed by atoms with Crippen LogP contribution in [0.4, 0.5) is 0 Å². The molecule has 1 aliphatic rings. The zero-order chi connectivity index (χ0) is 9.80. The SMILES string of the molecule is NCc1ccc(SCC2CCC2)cc1. The van der Waals surface area contributed by atoms with Gasteiger partial charge in [-0.05, 0) is 36.5 Å². The summed E-state index contributed by atoms with van der Waals surface area (Å²) in [6, 6.07) is 8.63. The molecular weight excluding hydrogens is 190 g/mol. The highest BCUT2D eigenvalue weighted by Crippen LogP contribution is 2.32. The summed E-state index contributed by atoms with van der Waals surface area (Å²) in [5.74, 6) is 2.27. The van der Waals surface area contributed by atoms with Gasteiger partial charge in [0.15, 0.2) is 0 Å². The molecule has 0 saturated heterocycles. The number of hydrogen-bond acceptors (Lipinski definition) is 2. The van der Waals surface area contributed by atoms with E-state index in [0.29, 0.717) is 6.54 Å². The molecule has 0 heterocycles. The van der Waals surface area contributed by atoms with E-state index in [9.17, 15) is 0 Å². The van der Waals surface area contributed by atoms with Gasteiger partial charge in [0.25, 0.3) is 0 Å². The van der Waals surface area contributed by atoms with Crippen LogP contribution < -0.4 is 5.73 Å². The van der Waals surface area contributed by atoms with Crippen molar-refractivity contribution in [2.75, 3.05) is 5.75 Å². The van der Waals surface area contributed by atoms with E-state index in [1.807, 2.05) is 11.8 Å². The molecule has 1 aromatic carbocycles. The second-order valence-corrected chi connectivity index (χ2v) is 5.05. The molecule has 1 saturated carbocycles. The summed E-state index contributed by atoms with van der Waals surface area (Å²) in [4.78, 5) is 1.38. The summed E-state index contributed by atoms with van der Waals surface area (Å²) < 4.78 is 0. The van der Waals surface area contributed by atoms with E-state index in [2.05, 4.69) is 24.3 Å². The zero-order valence-corrected chi connectivity index (χ0v) is 9.22. The highest BCUT2D eigenvalue weighted by atomic mass is 32.2. The summed E-state index contributed by atoms with van der Waals surface area (Å²) in [5, 5.41) is 0. The second-order valence-electron chi connectivity index (χ2n) is 3.96. The first-order valence-electron chi connectivity index (χ1n) is 5.30. The fourth-order valence-corrected chi connectivity index (χ4v) is 2.69. The maximum absolute atomic E-state index is 5.55. The lowest BCUT2D eigenvalue weighted by Crippen LogP contribution is -2.13. The maximum atomic E-state index is 5.55. The average Bonchev–Trinajstić information content (AvgIpc) is 2.16. The van der Waals surface area contributed by atoms with Gasteiger partial charge in [0.05, 0.1) is 0 Å². The number of nitrogens with two attached hydrogens (primary N) is 1. The van der Waals surface area contributed by atoms with Crippen LogP contribution in [0.3, 0.4) is 0 Å². The first kappa shape index (κ1) is 10.1. The highest BCUT2D eigenvalue weighted by molar-refractivity contribution is 7.99. The van der Waals surface area contributed by atoms with Crippen LogP contribution in [0.15, 0.2) is 29.2 Å². The summed E-state index contributed by atoms with van der Waals surface area (Å²) >= 11 is 1.98. The Kier molecular flexibility index (Phi) is 3.49. The lowest BCUT2D eigenvalue weighted by molar-refractivity contribution is 0.353. The van der Waals surface area contributed by atoms with Crippen molar-refractivity contribution in [2.24, 2.45) is 11.7 Å². The van der Waals surface area contributed by atoms with E-state index in [1.54, 1.807) is 0 Å². The molecular formula is C12H17NS. The summed E-state index contributed by atoms with van der Waals surface area (Å²) in [6.07, 6.45) is 4.32. The lowest BCUT2D eigenvalue weighted by atomic mass is 9.87. The molecule has 2 rings (SSSR count). The van der Waals surface area contributed by atoms with Gasteiger partial charge in [0, 0.05) is 17.2 Å². The Morgan fingerprint density at radius 2 is 1.93 bits per heavy atom. The van der Waals surface area contributed by atoms with Crippen molar-refractivity contribution < 1.29 is 0 Å². The fraction of sp³-hybridized carbons (Fsp3) is 0.500. The van der Waals surface area contributed by atoms with Gasteiger partial charge in [-0.3, -0.25) is 0 Å². The van der Waals surface area contributed by atoms with Crippen LogP contribution in [0.2, 0.25) is 0 Å². The van der Waals surface area contributed by atoms with Gasteiger partial charge >= 0.3 is 0 Å². The molecule has 0 unspecified atom stereocenters. The van der Waals surface area contributed by atoms with Crippen molar-refractivity contribution >= 4 is 11.8 Å². The standard InChI is InChI=1S/C12H17NS/c13-8-10-4-6-12(7-5-10)14-9-11-2-1-3-11/h4-7,11H,1-3,8-9,13H2. The third kappa shape index (κ3) is 2.52. The lowest BCUT2D eigenvalue weighted by Gasteiger charge is -2.24. The monoisotopic (exact) mass is 207 g/mol.